The van der Waals surface area contributed by atoms with Gasteiger partial charge in [0, 0.05) is 0 Å². The highest BCUT2D eigenvalue weighted by Crippen LogP contribution is 1.91. The first kappa shape index (κ1) is 6.09. The Hall–Kier alpha value is 1.09. The summed E-state index contributed by atoms with van der Waals surface area (Å²) in [6.07, 6.45) is 0. The van der Waals surface area contributed by atoms with Gasteiger partial charge in [0.1, 0.15) is 0 Å². The van der Waals surface area contributed by atoms with Crippen LogP contribution in [0, 0.1) is 0 Å². The largest absolute Gasteiger partial charge is 0.459 e. The Morgan fingerprint density at radius 3 is 1.20 bits per heavy atom. The molecule has 0 fully saturated rings. The van der Waals surface area contributed by atoms with E-state index in [1.165, 1.54) is 33.7 Å². The van der Waals surface area contributed by atoms with Crippen LogP contribution in [0.1, 0.15) is 0 Å². The van der Waals surface area contributed by atoms with Gasteiger partial charge < -0.3 is 2.51 Å². The van der Waals surface area contributed by atoms with Crippen molar-refractivity contribution in [2.24, 2.45) is 0 Å². The summed E-state index contributed by atoms with van der Waals surface area (Å²) < 4.78 is 1.23. The number of rotatable bonds is 0. The van der Waals surface area contributed by atoms with E-state index in [2.05, 4.69) is 16.1 Å². The molecule has 0 rings (SSSR count). The molecule has 0 amide bonds. The lowest BCUT2D eigenvalue weighted by Crippen LogP contribution is -2.26. The summed E-state index contributed by atoms with van der Waals surface area (Å²) in [6, 6.07) is 0. The minimum atomic E-state index is 1.23. The minimum Gasteiger partial charge on any atom is -0.459 e. The molecule has 0 aromatic heterocycles. The van der Waals surface area contributed by atoms with Gasteiger partial charge in [-0.3, -0.25) is 0 Å². The van der Waals surface area contributed by atoms with Gasteiger partial charge in [-0.1, -0.05) is 0 Å². The topological polar surface area (TPSA) is 0 Å². The zero-order chi connectivity index (χ0) is 4.50. The molecule has 5 heteroatoms. The van der Waals surface area contributed by atoms with Crippen LogP contribution in [0.3, 0.4) is 0 Å². The van der Waals surface area contributed by atoms with Crippen LogP contribution in [0.25, 0.3) is 0 Å². The molecule has 0 aromatic rings. The Morgan fingerprint density at radius 1 is 1.20 bits per heavy atom. The Balaban J connectivity index is 3.02. The van der Waals surface area contributed by atoms with E-state index in [0.717, 1.165) is 0 Å². The highest BCUT2D eigenvalue weighted by atomic mass is 79.9. The first-order chi connectivity index (χ1) is 2.00. The van der Waals surface area contributed by atoms with Gasteiger partial charge in [0.2, 0.25) is 31.2 Å². The number of nitrogens with zero attached hydrogens (tertiary/aromatic N) is 1. The summed E-state index contributed by atoms with van der Waals surface area (Å²) in [7, 11) is 3.86. The summed E-state index contributed by atoms with van der Waals surface area (Å²) in [5.74, 6) is 0. The standard InChI is InChI=1S/BrH9NSi3/c1-2(3,4)5/h3-5H3/q+1. The third-order valence-electron chi connectivity index (χ3n) is 0. The molecule has 0 aliphatic heterocycles. The predicted octanol–water partition coefficient (Wildman–Crippen LogP) is -3.05. The van der Waals surface area contributed by atoms with Crippen molar-refractivity contribution in [3.8, 4) is 0 Å². The van der Waals surface area contributed by atoms with Gasteiger partial charge in [0.25, 0.3) is 0 Å². The molecule has 0 aliphatic carbocycles. The van der Waals surface area contributed by atoms with Crippen LogP contribution in [0.5, 0.6) is 0 Å². The Labute approximate surface area is 50.2 Å². The maximum absolute atomic E-state index is 3.50. The van der Waals surface area contributed by atoms with E-state index in [0.29, 0.717) is 0 Å². The second kappa shape index (κ2) is 1.69. The zero-order valence-electron chi connectivity index (χ0n) is 3.83. The molecule has 0 heterocycles. The van der Waals surface area contributed by atoms with E-state index in [1.54, 1.807) is 0 Å². The Morgan fingerprint density at radius 2 is 1.20 bits per heavy atom. The third-order valence-corrected chi connectivity index (χ3v) is 0. The summed E-state index contributed by atoms with van der Waals surface area (Å²) in [5.41, 5.74) is 0. The van der Waals surface area contributed by atoms with Crippen LogP contribution >= 0.6 is 16.1 Å². The minimum absolute atomic E-state index is 1.23. The van der Waals surface area contributed by atoms with Crippen LogP contribution in [0.2, 0.25) is 0 Å². The van der Waals surface area contributed by atoms with Crippen molar-refractivity contribution in [1.29, 1.82) is 0 Å². The maximum atomic E-state index is 3.50. The molecule has 0 N–H and O–H groups in total. The molecular weight excluding hydrogens is 178 g/mol. The SMILES string of the molecule is [SiH3][N+]([SiH3])([SiH3])Br. The van der Waals surface area contributed by atoms with E-state index in [-0.39, 0.29) is 0 Å². The summed E-state index contributed by atoms with van der Waals surface area (Å²) in [6.45, 7) is 0. The van der Waals surface area contributed by atoms with E-state index in [9.17, 15) is 0 Å². The van der Waals surface area contributed by atoms with E-state index >= 15 is 0 Å². The van der Waals surface area contributed by atoms with Gasteiger partial charge in [-0.25, -0.2) is 0 Å². The molecule has 0 aromatic carbocycles. The van der Waals surface area contributed by atoms with E-state index < -0.39 is 0 Å². The molecule has 0 saturated heterocycles. The predicted molar refractivity (Wildman–Crippen MR) is 39.0 cm³/mol. The lowest BCUT2D eigenvalue weighted by atomic mass is 13.8. The molecule has 32 valence electrons. The average molecular weight is 187 g/mol. The van der Waals surface area contributed by atoms with Crippen LogP contribution in [0.4, 0.5) is 0 Å². The second-order valence-electron chi connectivity index (χ2n) is 1.85. The van der Waals surface area contributed by atoms with Gasteiger partial charge in [-0.05, 0) is 0 Å². The number of hydrogen-bond donors (Lipinski definition) is 0. The number of hydrogen-bond acceptors (Lipinski definition) is 0. The van der Waals surface area contributed by atoms with Crippen molar-refractivity contribution < 1.29 is 2.51 Å². The molecular formula is H9BrNSi3+. The zero-order valence-corrected chi connectivity index (χ0v) is 11.4. The monoisotopic (exact) mass is 186 g/mol. The molecule has 0 aliphatic rings. The highest BCUT2D eigenvalue weighted by Gasteiger charge is 1.90. The quantitative estimate of drug-likeness (QED) is 0.279. The Bertz CT molecular complexity index is 22.4. The smallest absolute Gasteiger partial charge is 0.214 e. The van der Waals surface area contributed by atoms with Crippen molar-refractivity contribution in [2.75, 3.05) is 0 Å². The van der Waals surface area contributed by atoms with Crippen LogP contribution in [-0.2, 0) is 0 Å². The fraction of sp³-hybridized carbons (Fsp3) is 0. The van der Waals surface area contributed by atoms with Crippen molar-refractivity contribution in [2.45, 2.75) is 0 Å². The fourth-order valence-corrected chi connectivity index (χ4v) is 0. The van der Waals surface area contributed by atoms with Crippen LogP contribution in [0.15, 0.2) is 0 Å². The molecule has 0 spiro atoms. The van der Waals surface area contributed by atoms with Crippen LogP contribution < -0.4 is 0 Å². The third kappa shape index (κ3) is 40.9. The molecule has 0 unspecified atom stereocenters. The maximum Gasteiger partial charge on any atom is 0.214 e. The summed E-state index contributed by atoms with van der Waals surface area (Å²) in [5, 5.41) is 0. The van der Waals surface area contributed by atoms with Crippen molar-refractivity contribution in [1.82, 2.24) is 0 Å². The normalized spacial score (nSPS) is 23.4. The first-order valence-corrected chi connectivity index (χ1v) is 4.90. The number of halogens is 1. The molecule has 0 bridgehead atoms. The number of quaternary nitrogens is 1. The highest BCUT2D eigenvalue weighted by molar-refractivity contribution is 9.05. The first-order valence-electron chi connectivity index (χ1n) is 1.51. The van der Waals surface area contributed by atoms with Crippen LogP contribution in [-0.4, -0.2) is 33.7 Å². The molecule has 0 atom stereocenters. The van der Waals surface area contributed by atoms with Gasteiger partial charge in [0.15, 0.2) is 16.1 Å². The van der Waals surface area contributed by atoms with Gasteiger partial charge in [-0.15, -0.1) is 0 Å². The van der Waals surface area contributed by atoms with Crippen molar-refractivity contribution in [3.63, 3.8) is 0 Å². The molecule has 0 saturated carbocycles. The Kier molecular flexibility index (Phi) is 2.06. The van der Waals surface area contributed by atoms with Gasteiger partial charge >= 0.3 is 0 Å². The fourth-order valence-electron chi connectivity index (χ4n) is 0. The van der Waals surface area contributed by atoms with Gasteiger partial charge in [0.05, 0.1) is 0 Å². The second-order valence-corrected chi connectivity index (χ2v) is 20.0. The summed E-state index contributed by atoms with van der Waals surface area (Å²) >= 11 is 3.50. The lowest BCUT2D eigenvalue weighted by molar-refractivity contribution is -0.340. The molecule has 5 heavy (non-hydrogen) atoms. The summed E-state index contributed by atoms with van der Waals surface area (Å²) in [4.78, 5) is 0. The van der Waals surface area contributed by atoms with Crippen molar-refractivity contribution >= 4 is 47.4 Å². The van der Waals surface area contributed by atoms with E-state index in [1.807, 2.05) is 0 Å². The van der Waals surface area contributed by atoms with Crippen molar-refractivity contribution in [3.05, 3.63) is 0 Å². The molecule has 1 nitrogen and oxygen atoms in total. The lowest BCUT2D eigenvalue weighted by Gasteiger charge is -2.15. The van der Waals surface area contributed by atoms with Gasteiger partial charge in [-0.2, -0.15) is 0 Å². The molecule has 0 radical (unpaired) electrons. The average Bonchev–Trinajstić information content (AvgIpc) is 0.722. The van der Waals surface area contributed by atoms with E-state index in [4.69, 9.17) is 0 Å².